The zero-order valence-corrected chi connectivity index (χ0v) is 12.4. The first-order chi connectivity index (χ1) is 7.78. The SMILES string of the molecule is CC1(C)C(CNc2c(N)cncc2Br)C1(C)C. The molecule has 0 atom stereocenters. The third-order valence-corrected chi connectivity index (χ3v) is 5.33. The van der Waals surface area contributed by atoms with Crippen LogP contribution in [0.5, 0.6) is 0 Å². The highest BCUT2D eigenvalue weighted by atomic mass is 79.9. The average Bonchev–Trinajstić information content (AvgIpc) is 2.59. The Labute approximate surface area is 111 Å². The van der Waals surface area contributed by atoms with E-state index in [0.717, 1.165) is 16.7 Å². The monoisotopic (exact) mass is 297 g/mol. The molecule has 3 nitrogen and oxygen atoms in total. The highest BCUT2D eigenvalue weighted by Gasteiger charge is 2.64. The zero-order chi connectivity index (χ0) is 12.8. The van der Waals surface area contributed by atoms with Gasteiger partial charge < -0.3 is 11.1 Å². The largest absolute Gasteiger partial charge is 0.396 e. The third kappa shape index (κ3) is 1.92. The Morgan fingerprint density at radius 3 is 2.35 bits per heavy atom. The van der Waals surface area contributed by atoms with E-state index in [0.29, 0.717) is 22.4 Å². The van der Waals surface area contributed by atoms with Crippen LogP contribution in [0.1, 0.15) is 27.7 Å². The van der Waals surface area contributed by atoms with Crippen LogP contribution < -0.4 is 11.1 Å². The van der Waals surface area contributed by atoms with Gasteiger partial charge >= 0.3 is 0 Å². The molecule has 4 heteroatoms. The molecule has 1 aromatic rings. The molecule has 2 rings (SSSR count). The second kappa shape index (κ2) is 3.87. The lowest BCUT2D eigenvalue weighted by Gasteiger charge is -2.11. The number of nitrogens with zero attached hydrogens (tertiary/aromatic N) is 1. The van der Waals surface area contributed by atoms with Gasteiger partial charge in [0.1, 0.15) is 0 Å². The second-order valence-electron chi connectivity index (χ2n) is 5.96. The van der Waals surface area contributed by atoms with Crippen molar-refractivity contribution in [2.24, 2.45) is 16.7 Å². The summed E-state index contributed by atoms with van der Waals surface area (Å²) in [6.45, 7) is 10.2. The minimum atomic E-state index is 0.397. The first kappa shape index (κ1) is 12.7. The number of aromatic nitrogens is 1. The molecule has 1 aliphatic carbocycles. The van der Waals surface area contributed by atoms with E-state index in [1.54, 1.807) is 12.4 Å². The number of nitrogens with one attached hydrogen (secondary N) is 1. The summed E-state index contributed by atoms with van der Waals surface area (Å²) in [4.78, 5) is 4.03. The van der Waals surface area contributed by atoms with E-state index in [4.69, 9.17) is 5.73 Å². The predicted molar refractivity (Wildman–Crippen MR) is 75.9 cm³/mol. The lowest BCUT2D eigenvalue weighted by Crippen LogP contribution is -2.10. The molecule has 0 spiro atoms. The molecule has 0 amide bonds. The lowest BCUT2D eigenvalue weighted by atomic mass is 10.0. The molecule has 0 radical (unpaired) electrons. The van der Waals surface area contributed by atoms with Crippen LogP contribution in [0, 0.1) is 16.7 Å². The Morgan fingerprint density at radius 2 is 1.88 bits per heavy atom. The molecule has 1 saturated carbocycles. The first-order valence-electron chi connectivity index (χ1n) is 5.91. The minimum Gasteiger partial charge on any atom is -0.396 e. The van der Waals surface area contributed by atoms with E-state index in [1.165, 1.54) is 0 Å². The molecule has 0 saturated heterocycles. The zero-order valence-electron chi connectivity index (χ0n) is 10.8. The Kier molecular flexibility index (Phi) is 2.89. The van der Waals surface area contributed by atoms with Gasteiger partial charge in [0.2, 0.25) is 0 Å². The van der Waals surface area contributed by atoms with E-state index in [2.05, 4.69) is 53.9 Å². The van der Waals surface area contributed by atoms with E-state index in [-0.39, 0.29) is 0 Å². The molecular formula is C13H20BrN3. The summed E-state index contributed by atoms with van der Waals surface area (Å²) in [5.41, 5.74) is 8.35. The highest BCUT2D eigenvalue weighted by molar-refractivity contribution is 9.10. The maximum absolute atomic E-state index is 5.91. The van der Waals surface area contributed by atoms with Gasteiger partial charge in [0.25, 0.3) is 0 Å². The van der Waals surface area contributed by atoms with Gasteiger partial charge in [-0.3, -0.25) is 4.98 Å². The number of hydrogen-bond acceptors (Lipinski definition) is 3. The topological polar surface area (TPSA) is 50.9 Å². The maximum atomic E-state index is 5.91. The summed E-state index contributed by atoms with van der Waals surface area (Å²) in [6, 6.07) is 0. The number of halogens is 1. The third-order valence-electron chi connectivity index (χ3n) is 4.73. The van der Waals surface area contributed by atoms with Crippen LogP contribution in [0.25, 0.3) is 0 Å². The van der Waals surface area contributed by atoms with Crippen molar-refractivity contribution in [3.63, 3.8) is 0 Å². The Hall–Kier alpha value is -0.770. The molecule has 0 unspecified atom stereocenters. The minimum absolute atomic E-state index is 0.397. The average molecular weight is 298 g/mol. The van der Waals surface area contributed by atoms with Crippen LogP contribution in [0.15, 0.2) is 16.9 Å². The molecule has 0 aromatic carbocycles. The fourth-order valence-electron chi connectivity index (χ4n) is 2.68. The van der Waals surface area contributed by atoms with Crippen molar-refractivity contribution in [3.8, 4) is 0 Å². The maximum Gasteiger partial charge on any atom is 0.0750 e. The number of nitrogens with two attached hydrogens (primary N) is 1. The van der Waals surface area contributed by atoms with E-state index >= 15 is 0 Å². The van der Waals surface area contributed by atoms with Gasteiger partial charge in [-0.25, -0.2) is 0 Å². The quantitative estimate of drug-likeness (QED) is 0.897. The fourth-order valence-corrected chi connectivity index (χ4v) is 3.17. The summed E-state index contributed by atoms with van der Waals surface area (Å²) in [5, 5.41) is 3.44. The van der Waals surface area contributed by atoms with Gasteiger partial charge in [-0.05, 0) is 32.7 Å². The molecule has 0 bridgehead atoms. The predicted octanol–water partition coefficient (Wildman–Crippen LogP) is 3.52. The van der Waals surface area contributed by atoms with Crippen molar-refractivity contribution in [2.75, 3.05) is 17.6 Å². The van der Waals surface area contributed by atoms with Gasteiger partial charge in [-0.1, -0.05) is 27.7 Å². The van der Waals surface area contributed by atoms with E-state index < -0.39 is 0 Å². The fraction of sp³-hybridized carbons (Fsp3) is 0.615. The summed E-state index contributed by atoms with van der Waals surface area (Å²) in [7, 11) is 0. The van der Waals surface area contributed by atoms with Gasteiger partial charge in [0.05, 0.1) is 22.0 Å². The van der Waals surface area contributed by atoms with Gasteiger partial charge in [0, 0.05) is 12.7 Å². The smallest absolute Gasteiger partial charge is 0.0750 e. The Morgan fingerprint density at radius 1 is 1.29 bits per heavy atom. The second-order valence-corrected chi connectivity index (χ2v) is 6.82. The number of pyridine rings is 1. The van der Waals surface area contributed by atoms with Crippen LogP contribution in [0.2, 0.25) is 0 Å². The molecule has 1 fully saturated rings. The Bertz CT molecular complexity index is 406. The van der Waals surface area contributed by atoms with Crippen molar-refractivity contribution < 1.29 is 0 Å². The van der Waals surface area contributed by atoms with Crippen molar-refractivity contribution >= 4 is 27.3 Å². The molecule has 1 aromatic heterocycles. The van der Waals surface area contributed by atoms with Gasteiger partial charge in [-0.2, -0.15) is 0 Å². The van der Waals surface area contributed by atoms with Crippen LogP contribution >= 0.6 is 15.9 Å². The highest BCUT2D eigenvalue weighted by Crippen LogP contribution is 2.68. The number of hydrogen-bond donors (Lipinski definition) is 2. The summed E-state index contributed by atoms with van der Waals surface area (Å²) in [6.07, 6.45) is 3.44. The number of nitrogen functional groups attached to an aromatic ring is 1. The van der Waals surface area contributed by atoms with Crippen molar-refractivity contribution in [2.45, 2.75) is 27.7 Å². The van der Waals surface area contributed by atoms with Crippen LogP contribution in [-0.4, -0.2) is 11.5 Å². The standard InChI is InChI=1S/C13H20BrN3/c1-12(2)10(13(12,3)4)7-17-11-8(14)5-16-6-9(11)15/h5-6,10H,7,15H2,1-4H3,(H,16,17). The number of rotatable bonds is 3. The number of anilines is 2. The first-order valence-corrected chi connectivity index (χ1v) is 6.70. The molecular weight excluding hydrogens is 278 g/mol. The summed E-state index contributed by atoms with van der Waals surface area (Å²) >= 11 is 3.47. The molecule has 94 valence electrons. The van der Waals surface area contributed by atoms with Crippen molar-refractivity contribution in [1.82, 2.24) is 4.98 Å². The van der Waals surface area contributed by atoms with Crippen LogP contribution in [0.3, 0.4) is 0 Å². The summed E-state index contributed by atoms with van der Waals surface area (Å²) in [5.74, 6) is 0.675. The molecule has 17 heavy (non-hydrogen) atoms. The molecule has 1 heterocycles. The normalized spacial score (nSPS) is 21.2. The van der Waals surface area contributed by atoms with Gasteiger partial charge in [-0.15, -0.1) is 0 Å². The van der Waals surface area contributed by atoms with Crippen LogP contribution in [0.4, 0.5) is 11.4 Å². The lowest BCUT2D eigenvalue weighted by molar-refractivity contribution is 0.457. The Balaban J connectivity index is 2.06. The molecule has 0 aliphatic heterocycles. The van der Waals surface area contributed by atoms with Crippen molar-refractivity contribution in [3.05, 3.63) is 16.9 Å². The van der Waals surface area contributed by atoms with E-state index in [9.17, 15) is 0 Å². The molecule has 3 N–H and O–H groups in total. The van der Waals surface area contributed by atoms with Crippen molar-refractivity contribution in [1.29, 1.82) is 0 Å². The van der Waals surface area contributed by atoms with Crippen LogP contribution in [-0.2, 0) is 0 Å². The molecule has 1 aliphatic rings. The summed E-state index contributed by atoms with van der Waals surface area (Å²) < 4.78 is 0.925. The van der Waals surface area contributed by atoms with Gasteiger partial charge in [0.15, 0.2) is 0 Å². The van der Waals surface area contributed by atoms with E-state index in [1.807, 2.05) is 0 Å².